The van der Waals surface area contributed by atoms with Gasteiger partial charge in [-0.3, -0.25) is 0 Å². The molecule has 0 aliphatic carbocycles. The molecule has 1 unspecified atom stereocenters. The summed E-state index contributed by atoms with van der Waals surface area (Å²) < 4.78 is 0. The molecule has 1 atom stereocenters. The topological polar surface area (TPSA) is 0 Å². The average molecular weight is 128 g/mol. The van der Waals surface area contributed by atoms with Crippen molar-refractivity contribution in [3.8, 4) is 0 Å². The summed E-state index contributed by atoms with van der Waals surface area (Å²) in [5.41, 5.74) is 1.62. The first-order valence-corrected chi connectivity index (χ1v) is 5.02. The van der Waals surface area contributed by atoms with E-state index >= 15 is 0 Å². The van der Waals surface area contributed by atoms with E-state index in [1.165, 1.54) is 18.7 Å². The van der Waals surface area contributed by atoms with Crippen LogP contribution in [0, 0.1) is 0 Å². The SMILES string of the molecule is CCP1C=C(C)CC1. The largest absolute Gasteiger partial charge is 0.0833 e. The Balaban J connectivity index is 2.41. The van der Waals surface area contributed by atoms with E-state index in [1.54, 1.807) is 5.57 Å². The summed E-state index contributed by atoms with van der Waals surface area (Å²) in [4.78, 5) is 0. The Hall–Kier alpha value is 0.170. The molecule has 1 rings (SSSR count). The van der Waals surface area contributed by atoms with Gasteiger partial charge in [0.2, 0.25) is 0 Å². The van der Waals surface area contributed by atoms with E-state index in [-0.39, 0.29) is 0 Å². The summed E-state index contributed by atoms with van der Waals surface area (Å²) in [6.07, 6.45) is 4.24. The predicted molar refractivity (Wildman–Crippen MR) is 40.7 cm³/mol. The fourth-order valence-electron chi connectivity index (χ4n) is 1.01. The van der Waals surface area contributed by atoms with Gasteiger partial charge >= 0.3 is 0 Å². The summed E-state index contributed by atoms with van der Waals surface area (Å²) in [6.45, 7) is 4.54. The Morgan fingerprint density at radius 1 is 1.75 bits per heavy atom. The van der Waals surface area contributed by atoms with Crippen molar-refractivity contribution < 1.29 is 0 Å². The van der Waals surface area contributed by atoms with Crippen molar-refractivity contribution in [3.63, 3.8) is 0 Å². The van der Waals surface area contributed by atoms with Crippen LogP contribution in [0.2, 0.25) is 0 Å². The molecule has 0 aromatic rings. The highest BCUT2D eigenvalue weighted by Crippen LogP contribution is 2.44. The van der Waals surface area contributed by atoms with Crippen molar-refractivity contribution in [2.75, 3.05) is 12.3 Å². The molecule has 1 aliphatic heterocycles. The van der Waals surface area contributed by atoms with Gasteiger partial charge in [-0.25, -0.2) is 0 Å². The van der Waals surface area contributed by atoms with Crippen LogP contribution in [0.4, 0.5) is 0 Å². The third kappa shape index (κ3) is 1.32. The highest BCUT2D eigenvalue weighted by molar-refractivity contribution is 7.61. The molecule has 8 heavy (non-hydrogen) atoms. The second kappa shape index (κ2) is 2.64. The van der Waals surface area contributed by atoms with E-state index < -0.39 is 0 Å². The molecule has 0 saturated heterocycles. The molecule has 0 saturated carbocycles. The van der Waals surface area contributed by atoms with E-state index in [1.807, 2.05) is 0 Å². The lowest BCUT2D eigenvalue weighted by Gasteiger charge is -1.99. The van der Waals surface area contributed by atoms with Crippen LogP contribution in [0.15, 0.2) is 11.4 Å². The van der Waals surface area contributed by atoms with Crippen LogP contribution in [-0.4, -0.2) is 12.3 Å². The molecular weight excluding hydrogens is 115 g/mol. The summed E-state index contributed by atoms with van der Waals surface area (Å²) in [6, 6.07) is 0. The maximum atomic E-state index is 2.48. The Bertz CT molecular complexity index is 105. The van der Waals surface area contributed by atoms with Crippen LogP contribution in [0.3, 0.4) is 0 Å². The molecule has 46 valence electrons. The predicted octanol–water partition coefficient (Wildman–Crippen LogP) is 2.80. The monoisotopic (exact) mass is 128 g/mol. The summed E-state index contributed by atoms with van der Waals surface area (Å²) in [7, 11) is 0.356. The van der Waals surface area contributed by atoms with Gasteiger partial charge in [-0.15, -0.1) is 0 Å². The molecule has 0 bridgehead atoms. The average Bonchev–Trinajstić information content (AvgIpc) is 2.14. The summed E-state index contributed by atoms with van der Waals surface area (Å²) >= 11 is 0. The third-order valence-electron chi connectivity index (χ3n) is 1.60. The molecule has 0 fully saturated rings. The van der Waals surface area contributed by atoms with Crippen molar-refractivity contribution in [2.24, 2.45) is 0 Å². The first-order chi connectivity index (χ1) is 3.83. The van der Waals surface area contributed by atoms with Gasteiger partial charge < -0.3 is 0 Å². The highest BCUT2D eigenvalue weighted by Gasteiger charge is 2.08. The smallest absolute Gasteiger partial charge is 0.0254 e. The maximum absolute atomic E-state index is 2.48. The fraction of sp³-hybridized carbons (Fsp3) is 0.714. The van der Waals surface area contributed by atoms with Crippen LogP contribution in [-0.2, 0) is 0 Å². The van der Waals surface area contributed by atoms with E-state index in [9.17, 15) is 0 Å². The number of hydrogen-bond donors (Lipinski definition) is 0. The van der Waals surface area contributed by atoms with Crippen LogP contribution in [0.25, 0.3) is 0 Å². The molecule has 1 aliphatic rings. The van der Waals surface area contributed by atoms with Crippen LogP contribution in [0.5, 0.6) is 0 Å². The Morgan fingerprint density at radius 2 is 2.50 bits per heavy atom. The highest BCUT2D eigenvalue weighted by atomic mass is 31.1. The molecule has 0 aromatic carbocycles. The minimum Gasteiger partial charge on any atom is -0.0833 e. The zero-order valence-electron chi connectivity index (χ0n) is 5.65. The van der Waals surface area contributed by atoms with E-state index in [0.29, 0.717) is 7.92 Å². The van der Waals surface area contributed by atoms with Gasteiger partial charge in [-0.2, -0.15) is 0 Å². The van der Waals surface area contributed by atoms with Gasteiger partial charge in [0.05, 0.1) is 0 Å². The number of allylic oxidation sites excluding steroid dienone is 1. The minimum absolute atomic E-state index is 0.356. The Kier molecular flexibility index (Phi) is 2.08. The van der Waals surface area contributed by atoms with Crippen LogP contribution < -0.4 is 0 Å². The number of hydrogen-bond acceptors (Lipinski definition) is 0. The standard InChI is InChI=1S/C7H13P/c1-3-8-5-4-7(2)6-8/h6H,3-5H2,1-2H3. The lowest BCUT2D eigenvalue weighted by molar-refractivity contribution is 1.14. The Labute approximate surface area is 52.7 Å². The zero-order chi connectivity index (χ0) is 5.98. The second-order valence-corrected chi connectivity index (χ2v) is 4.87. The van der Waals surface area contributed by atoms with Gasteiger partial charge in [0, 0.05) is 0 Å². The van der Waals surface area contributed by atoms with Crippen molar-refractivity contribution in [1.82, 2.24) is 0 Å². The van der Waals surface area contributed by atoms with Gasteiger partial charge in [0.1, 0.15) is 0 Å². The molecular formula is C7H13P. The lowest BCUT2D eigenvalue weighted by atomic mass is 10.3. The van der Waals surface area contributed by atoms with Gasteiger partial charge in [-0.1, -0.05) is 26.2 Å². The van der Waals surface area contributed by atoms with Crippen LogP contribution >= 0.6 is 7.92 Å². The Morgan fingerprint density at radius 3 is 2.75 bits per heavy atom. The number of rotatable bonds is 1. The maximum Gasteiger partial charge on any atom is -0.0254 e. The van der Waals surface area contributed by atoms with Crippen molar-refractivity contribution in [2.45, 2.75) is 20.3 Å². The molecule has 0 N–H and O–H groups in total. The molecule has 0 aromatic heterocycles. The first-order valence-electron chi connectivity index (χ1n) is 3.24. The summed E-state index contributed by atoms with van der Waals surface area (Å²) in [5, 5.41) is 0. The summed E-state index contributed by atoms with van der Waals surface area (Å²) in [5.74, 6) is 2.48. The van der Waals surface area contributed by atoms with Crippen molar-refractivity contribution in [3.05, 3.63) is 11.4 Å². The molecule has 0 radical (unpaired) electrons. The van der Waals surface area contributed by atoms with Gasteiger partial charge in [0.25, 0.3) is 0 Å². The van der Waals surface area contributed by atoms with Crippen molar-refractivity contribution in [1.29, 1.82) is 0 Å². The van der Waals surface area contributed by atoms with Crippen LogP contribution in [0.1, 0.15) is 20.3 Å². The zero-order valence-corrected chi connectivity index (χ0v) is 6.54. The van der Waals surface area contributed by atoms with Crippen molar-refractivity contribution >= 4 is 7.92 Å². The molecule has 0 spiro atoms. The quantitative estimate of drug-likeness (QED) is 0.476. The normalized spacial score (nSPS) is 28.2. The van der Waals surface area contributed by atoms with E-state index in [4.69, 9.17) is 0 Å². The van der Waals surface area contributed by atoms with E-state index in [2.05, 4.69) is 19.7 Å². The first kappa shape index (κ1) is 6.29. The second-order valence-electron chi connectivity index (χ2n) is 2.35. The lowest BCUT2D eigenvalue weighted by Crippen LogP contribution is -1.74. The molecule has 0 nitrogen and oxygen atoms in total. The molecule has 1 heterocycles. The fourth-order valence-corrected chi connectivity index (χ4v) is 3.03. The molecule has 1 heteroatoms. The van der Waals surface area contributed by atoms with Gasteiger partial charge in [-0.05, 0) is 25.7 Å². The minimum atomic E-state index is 0.356. The van der Waals surface area contributed by atoms with Gasteiger partial charge in [0.15, 0.2) is 0 Å². The molecule has 0 amide bonds. The van der Waals surface area contributed by atoms with E-state index in [0.717, 1.165) is 0 Å². The third-order valence-corrected chi connectivity index (χ3v) is 4.02.